The quantitative estimate of drug-likeness (QED) is 0.666. The molecule has 0 aromatic rings. The van der Waals surface area contributed by atoms with Gasteiger partial charge in [0.25, 0.3) is 0 Å². The Kier molecular flexibility index (Phi) is 8.02. The van der Waals surface area contributed by atoms with Crippen molar-refractivity contribution < 1.29 is 9.59 Å². The van der Waals surface area contributed by atoms with Crippen LogP contribution in [0.2, 0.25) is 0 Å². The van der Waals surface area contributed by atoms with Gasteiger partial charge in [-0.25, -0.2) is 0 Å². The Balaban J connectivity index is 1.52. The van der Waals surface area contributed by atoms with Crippen LogP contribution in [0.4, 0.5) is 0 Å². The smallest absolute Gasteiger partial charge is 0.225 e. The van der Waals surface area contributed by atoms with Gasteiger partial charge in [0, 0.05) is 38.0 Å². The van der Waals surface area contributed by atoms with Gasteiger partial charge in [0.2, 0.25) is 11.8 Å². The summed E-state index contributed by atoms with van der Waals surface area (Å²) in [6, 6.07) is 0.313. The minimum absolute atomic E-state index is 0.240. The fraction of sp³-hybridized carbons (Fsp3) is 0.913. The van der Waals surface area contributed by atoms with Crippen molar-refractivity contribution in [2.24, 2.45) is 11.8 Å². The number of rotatable bonds is 3. The van der Waals surface area contributed by atoms with E-state index in [2.05, 4.69) is 9.80 Å². The Morgan fingerprint density at radius 1 is 0.667 bits per heavy atom. The third-order valence-electron chi connectivity index (χ3n) is 7.31. The van der Waals surface area contributed by atoms with Crippen molar-refractivity contribution in [2.75, 3.05) is 20.1 Å². The summed E-state index contributed by atoms with van der Waals surface area (Å²) in [5.74, 6) is 1.26. The highest BCUT2D eigenvalue weighted by atomic mass is 16.2. The molecule has 3 fully saturated rings. The minimum Gasteiger partial charge on any atom is -0.342 e. The summed E-state index contributed by atoms with van der Waals surface area (Å²) in [5.41, 5.74) is 0. The molecule has 27 heavy (non-hydrogen) atoms. The number of likely N-dealkylation sites (tertiary alicyclic amines) is 1. The van der Waals surface area contributed by atoms with Crippen LogP contribution in [-0.4, -0.2) is 47.8 Å². The zero-order chi connectivity index (χ0) is 19.1. The van der Waals surface area contributed by atoms with Crippen molar-refractivity contribution in [3.63, 3.8) is 0 Å². The number of nitrogens with zero attached hydrogens (tertiary/aromatic N) is 2. The molecule has 2 aliphatic carbocycles. The highest BCUT2D eigenvalue weighted by molar-refractivity contribution is 5.79. The molecule has 3 rings (SSSR count). The molecule has 0 N–H and O–H groups in total. The van der Waals surface area contributed by atoms with Crippen LogP contribution in [-0.2, 0) is 9.59 Å². The average molecular weight is 377 g/mol. The fourth-order valence-corrected chi connectivity index (χ4v) is 5.47. The van der Waals surface area contributed by atoms with E-state index in [4.69, 9.17) is 0 Å². The molecule has 154 valence electrons. The van der Waals surface area contributed by atoms with Crippen molar-refractivity contribution >= 4 is 11.8 Å². The van der Waals surface area contributed by atoms with Crippen LogP contribution in [0, 0.1) is 11.8 Å². The van der Waals surface area contributed by atoms with E-state index in [9.17, 15) is 9.59 Å². The molecule has 1 unspecified atom stereocenters. The molecule has 0 aromatic carbocycles. The zero-order valence-electron chi connectivity index (χ0n) is 17.5. The molecular formula is C23H40N2O2. The Labute approximate surface area is 166 Å². The van der Waals surface area contributed by atoms with E-state index >= 15 is 0 Å². The van der Waals surface area contributed by atoms with E-state index < -0.39 is 0 Å². The lowest BCUT2D eigenvalue weighted by molar-refractivity contribution is -0.137. The van der Waals surface area contributed by atoms with E-state index in [1.807, 2.05) is 7.05 Å². The van der Waals surface area contributed by atoms with Gasteiger partial charge in [-0.15, -0.1) is 0 Å². The molecule has 1 atom stereocenters. The van der Waals surface area contributed by atoms with Crippen molar-refractivity contribution in [1.29, 1.82) is 0 Å². The molecule has 1 aliphatic heterocycles. The predicted octanol–water partition coefficient (Wildman–Crippen LogP) is 4.77. The van der Waals surface area contributed by atoms with Crippen LogP contribution in [0.1, 0.15) is 96.3 Å². The molecule has 0 aromatic heterocycles. The number of carbonyl (C=O) groups is 2. The number of hydrogen-bond donors (Lipinski definition) is 0. The fourth-order valence-electron chi connectivity index (χ4n) is 5.47. The lowest BCUT2D eigenvalue weighted by atomic mass is 9.97. The molecule has 2 amide bonds. The molecule has 0 radical (unpaired) electrons. The largest absolute Gasteiger partial charge is 0.342 e. The highest BCUT2D eigenvalue weighted by Gasteiger charge is 2.31. The van der Waals surface area contributed by atoms with Gasteiger partial charge < -0.3 is 9.80 Å². The first-order valence-electron chi connectivity index (χ1n) is 11.7. The van der Waals surface area contributed by atoms with Gasteiger partial charge in [0.15, 0.2) is 0 Å². The van der Waals surface area contributed by atoms with Gasteiger partial charge >= 0.3 is 0 Å². The molecule has 0 bridgehead atoms. The Morgan fingerprint density at radius 2 is 1.22 bits per heavy atom. The van der Waals surface area contributed by atoms with Gasteiger partial charge in [-0.1, -0.05) is 51.4 Å². The first kappa shape index (κ1) is 20.7. The van der Waals surface area contributed by atoms with Crippen LogP contribution in [0.25, 0.3) is 0 Å². The first-order chi connectivity index (χ1) is 13.2. The topological polar surface area (TPSA) is 40.6 Å². The van der Waals surface area contributed by atoms with Crippen molar-refractivity contribution in [2.45, 2.75) is 102 Å². The first-order valence-corrected chi connectivity index (χ1v) is 11.7. The molecule has 0 spiro atoms. The van der Waals surface area contributed by atoms with E-state index in [1.54, 1.807) is 0 Å². The molecule has 4 nitrogen and oxygen atoms in total. The summed E-state index contributed by atoms with van der Waals surface area (Å²) in [4.78, 5) is 30.2. The second-order valence-electron chi connectivity index (χ2n) is 9.24. The van der Waals surface area contributed by atoms with Crippen molar-refractivity contribution in [3.05, 3.63) is 0 Å². The Morgan fingerprint density at radius 3 is 1.81 bits per heavy atom. The molecule has 3 aliphatic rings. The van der Waals surface area contributed by atoms with Gasteiger partial charge in [-0.05, 0) is 44.9 Å². The molecule has 1 heterocycles. The monoisotopic (exact) mass is 376 g/mol. The van der Waals surface area contributed by atoms with Gasteiger partial charge in [0.05, 0.1) is 0 Å². The van der Waals surface area contributed by atoms with Crippen molar-refractivity contribution in [1.82, 2.24) is 9.80 Å². The minimum atomic E-state index is 0.240. The van der Waals surface area contributed by atoms with Crippen LogP contribution in [0.5, 0.6) is 0 Å². The maximum Gasteiger partial charge on any atom is 0.225 e. The Hall–Kier alpha value is -1.06. The maximum absolute atomic E-state index is 13.0. The van der Waals surface area contributed by atoms with E-state index in [0.717, 1.165) is 58.0 Å². The van der Waals surface area contributed by atoms with Gasteiger partial charge in [-0.3, -0.25) is 9.59 Å². The molecular weight excluding hydrogens is 336 g/mol. The summed E-state index contributed by atoms with van der Waals surface area (Å²) in [6.45, 7) is 1.72. The maximum atomic E-state index is 13.0. The summed E-state index contributed by atoms with van der Waals surface area (Å²) in [7, 11) is 2.01. The molecule has 4 heteroatoms. The highest BCUT2D eigenvalue weighted by Crippen LogP contribution is 2.28. The lowest BCUT2D eigenvalue weighted by Crippen LogP contribution is -2.42. The lowest BCUT2D eigenvalue weighted by Gasteiger charge is -2.31. The second-order valence-corrected chi connectivity index (χ2v) is 9.24. The Bertz CT molecular complexity index is 477. The van der Waals surface area contributed by atoms with Crippen LogP contribution < -0.4 is 0 Å². The van der Waals surface area contributed by atoms with Crippen LogP contribution in [0.15, 0.2) is 0 Å². The van der Waals surface area contributed by atoms with Gasteiger partial charge in [0.1, 0.15) is 0 Å². The SMILES string of the molecule is CN(C(=O)C1CCCCCC1)C1CCCN(C(=O)C2CCCCCC2)CC1. The predicted molar refractivity (Wildman–Crippen MR) is 109 cm³/mol. The summed E-state index contributed by atoms with van der Waals surface area (Å²) >= 11 is 0. The van der Waals surface area contributed by atoms with Gasteiger partial charge in [-0.2, -0.15) is 0 Å². The average Bonchev–Trinajstić information content (AvgIpc) is 3.20. The van der Waals surface area contributed by atoms with Crippen LogP contribution >= 0.6 is 0 Å². The van der Waals surface area contributed by atoms with E-state index in [-0.39, 0.29) is 11.8 Å². The normalized spacial score (nSPS) is 26.7. The second kappa shape index (κ2) is 10.5. The molecule has 1 saturated heterocycles. The number of amides is 2. The van der Waals surface area contributed by atoms with Crippen LogP contribution in [0.3, 0.4) is 0 Å². The zero-order valence-corrected chi connectivity index (χ0v) is 17.5. The summed E-state index contributed by atoms with van der Waals surface area (Å²) < 4.78 is 0. The number of carbonyl (C=O) groups excluding carboxylic acids is 2. The summed E-state index contributed by atoms with van der Waals surface area (Å²) in [5, 5.41) is 0. The van der Waals surface area contributed by atoms with E-state index in [0.29, 0.717) is 17.9 Å². The molecule has 2 saturated carbocycles. The van der Waals surface area contributed by atoms with E-state index in [1.165, 1.54) is 51.4 Å². The summed E-state index contributed by atoms with van der Waals surface area (Å²) in [6.07, 6.45) is 17.3. The number of hydrogen-bond acceptors (Lipinski definition) is 2. The third-order valence-corrected chi connectivity index (χ3v) is 7.31. The third kappa shape index (κ3) is 5.71. The standard InChI is InChI=1S/C23H40N2O2/c1-24(22(26)19-11-6-2-3-7-12-19)21-15-10-17-25(18-16-21)23(27)20-13-8-4-5-9-14-20/h19-21H,2-18H2,1H3. The van der Waals surface area contributed by atoms with Crippen molar-refractivity contribution in [3.8, 4) is 0 Å².